The Hall–Kier alpha value is -1.47. The predicted molar refractivity (Wildman–Crippen MR) is 66.9 cm³/mol. The van der Waals surface area contributed by atoms with Gasteiger partial charge in [-0.25, -0.2) is 9.78 Å². The third kappa shape index (κ3) is 4.80. The van der Waals surface area contributed by atoms with Crippen molar-refractivity contribution in [1.82, 2.24) is 9.88 Å². The van der Waals surface area contributed by atoms with Crippen LogP contribution in [0.4, 0.5) is 0 Å². The Kier molecular flexibility index (Phi) is 5.73. The van der Waals surface area contributed by atoms with Crippen LogP contribution in [0.5, 0.6) is 0 Å². The highest BCUT2D eigenvalue weighted by atomic mass is 32.1. The molecule has 6 nitrogen and oxygen atoms in total. The summed E-state index contributed by atoms with van der Waals surface area (Å²) in [5, 5.41) is 19.6. The fourth-order valence-corrected chi connectivity index (χ4v) is 2.32. The first-order valence-corrected chi connectivity index (χ1v) is 6.52. The van der Waals surface area contributed by atoms with Crippen LogP contribution in [0.1, 0.15) is 35.3 Å². The van der Waals surface area contributed by atoms with E-state index >= 15 is 0 Å². The Labute approximate surface area is 109 Å². The van der Waals surface area contributed by atoms with E-state index in [1.165, 1.54) is 16.7 Å². The van der Waals surface area contributed by atoms with Crippen molar-refractivity contribution in [2.45, 2.75) is 26.3 Å². The summed E-state index contributed by atoms with van der Waals surface area (Å²) >= 11 is 1.29. The zero-order valence-electron chi connectivity index (χ0n) is 10.1. The minimum atomic E-state index is -1.04. The van der Waals surface area contributed by atoms with Gasteiger partial charge in [0, 0.05) is 11.9 Å². The molecule has 7 heteroatoms. The first-order chi connectivity index (χ1) is 8.52. The second-order valence-corrected chi connectivity index (χ2v) is 4.79. The average Bonchev–Trinajstić information content (AvgIpc) is 2.75. The van der Waals surface area contributed by atoms with Gasteiger partial charge in [0.25, 0.3) is 0 Å². The van der Waals surface area contributed by atoms with Gasteiger partial charge in [0.15, 0.2) is 5.69 Å². The van der Waals surface area contributed by atoms with E-state index in [-0.39, 0.29) is 12.1 Å². The number of carboxylic acid groups (broad SMARTS) is 2. The molecule has 1 heterocycles. The predicted octanol–water partition coefficient (Wildman–Crippen LogP) is 1.53. The lowest BCUT2D eigenvalue weighted by molar-refractivity contribution is -0.137. The number of aliphatic carboxylic acids is 1. The number of thiazole rings is 1. The van der Waals surface area contributed by atoms with Crippen molar-refractivity contribution in [3.63, 3.8) is 0 Å². The van der Waals surface area contributed by atoms with Crippen LogP contribution in [0.2, 0.25) is 0 Å². The maximum absolute atomic E-state index is 10.7. The van der Waals surface area contributed by atoms with E-state index in [1.54, 1.807) is 0 Å². The molecule has 0 bridgehead atoms. The molecule has 1 aromatic heterocycles. The Bertz CT molecular complexity index is 419. The SMILES string of the molecule is CCCN(CCC(=O)O)Cc1nc(C(=O)O)cs1. The van der Waals surface area contributed by atoms with E-state index in [4.69, 9.17) is 10.2 Å². The van der Waals surface area contributed by atoms with E-state index in [1.807, 2.05) is 11.8 Å². The summed E-state index contributed by atoms with van der Waals surface area (Å²) < 4.78 is 0. The van der Waals surface area contributed by atoms with Crippen LogP contribution in [0, 0.1) is 0 Å². The fourth-order valence-electron chi connectivity index (χ4n) is 1.51. The smallest absolute Gasteiger partial charge is 0.355 e. The van der Waals surface area contributed by atoms with Crippen LogP contribution in [0.15, 0.2) is 5.38 Å². The molecule has 0 aliphatic heterocycles. The van der Waals surface area contributed by atoms with Gasteiger partial charge in [-0.2, -0.15) is 0 Å². The number of nitrogens with zero attached hydrogens (tertiary/aromatic N) is 2. The Balaban J connectivity index is 2.58. The number of carbonyl (C=O) groups is 2. The molecule has 1 rings (SSSR count). The number of aromatic carboxylic acids is 1. The Morgan fingerprint density at radius 3 is 2.61 bits per heavy atom. The zero-order valence-corrected chi connectivity index (χ0v) is 10.9. The van der Waals surface area contributed by atoms with Crippen LogP contribution in [-0.4, -0.2) is 45.1 Å². The van der Waals surface area contributed by atoms with Crippen LogP contribution >= 0.6 is 11.3 Å². The highest BCUT2D eigenvalue weighted by Crippen LogP contribution is 2.13. The van der Waals surface area contributed by atoms with E-state index in [0.29, 0.717) is 18.1 Å². The first kappa shape index (κ1) is 14.6. The molecule has 0 radical (unpaired) electrons. The van der Waals surface area contributed by atoms with E-state index < -0.39 is 11.9 Å². The summed E-state index contributed by atoms with van der Waals surface area (Å²) in [6.07, 6.45) is 0.994. The number of carboxylic acids is 2. The van der Waals surface area contributed by atoms with Crippen molar-refractivity contribution in [3.05, 3.63) is 16.1 Å². The van der Waals surface area contributed by atoms with Crippen LogP contribution in [0.3, 0.4) is 0 Å². The first-order valence-electron chi connectivity index (χ1n) is 5.64. The molecule has 0 saturated carbocycles. The lowest BCUT2D eigenvalue weighted by atomic mass is 10.3. The normalized spacial score (nSPS) is 10.8. The summed E-state index contributed by atoms with van der Waals surface area (Å²) in [7, 11) is 0. The van der Waals surface area contributed by atoms with Crippen molar-refractivity contribution in [3.8, 4) is 0 Å². The molecule has 100 valence electrons. The lowest BCUT2D eigenvalue weighted by Gasteiger charge is -2.19. The number of hydrogen-bond acceptors (Lipinski definition) is 5. The molecule has 0 aliphatic carbocycles. The molecule has 0 aliphatic rings. The molecule has 0 amide bonds. The molecule has 0 unspecified atom stereocenters. The molecule has 1 aromatic rings. The van der Waals surface area contributed by atoms with Crippen molar-refractivity contribution in [1.29, 1.82) is 0 Å². The van der Waals surface area contributed by atoms with Gasteiger partial charge in [-0.05, 0) is 13.0 Å². The van der Waals surface area contributed by atoms with Gasteiger partial charge in [-0.3, -0.25) is 9.69 Å². The topological polar surface area (TPSA) is 90.7 Å². The van der Waals surface area contributed by atoms with Crippen molar-refractivity contribution in [2.75, 3.05) is 13.1 Å². The molecular formula is C11H16N2O4S. The van der Waals surface area contributed by atoms with Gasteiger partial charge in [0.1, 0.15) is 5.01 Å². The summed E-state index contributed by atoms with van der Waals surface area (Å²) in [6, 6.07) is 0. The fraction of sp³-hybridized carbons (Fsp3) is 0.545. The molecule has 0 saturated heterocycles. The Morgan fingerprint density at radius 1 is 1.39 bits per heavy atom. The molecule has 2 N–H and O–H groups in total. The monoisotopic (exact) mass is 272 g/mol. The quantitative estimate of drug-likeness (QED) is 0.745. The second kappa shape index (κ2) is 7.07. The third-order valence-corrected chi connectivity index (χ3v) is 3.15. The van der Waals surface area contributed by atoms with Crippen molar-refractivity contribution < 1.29 is 19.8 Å². The van der Waals surface area contributed by atoms with Gasteiger partial charge in [-0.1, -0.05) is 6.92 Å². The van der Waals surface area contributed by atoms with Crippen LogP contribution in [0.25, 0.3) is 0 Å². The standard InChI is InChI=1S/C11H16N2O4S/c1-2-4-13(5-3-10(14)15)6-9-12-8(7-18-9)11(16)17/h7H,2-6H2,1H3,(H,14,15)(H,16,17). The van der Waals surface area contributed by atoms with Crippen LogP contribution < -0.4 is 0 Å². The maximum atomic E-state index is 10.7. The largest absolute Gasteiger partial charge is 0.481 e. The highest BCUT2D eigenvalue weighted by Gasteiger charge is 2.12. The minimum absolute atomic E-state index is 0.0460. The highest BCUT2D eigenvalue weighted by molar-refractivity contribution is 7.09. The summed E-state index contributed by atoms with van der Waals surface area (Å²) in [6.45, 7) is 3.73. The average molecular weight is 272 g/mol. The van der Waals surface area contributed by atoms with Gasteiger partial charge < -0.3 is 10.2 Å². The van der Waals surface area contributed by atoms with Gasteiger partial charge in [-0.15, -0.1) is 11.3 Å². The van der Waals surface area contributed by atoms with E-state index in [2.05, 4.69) is 4.98 Å². The minimum Gasteiger partial charge on any atom is -0.481 e. The van der Waals surface area contributed by atoms with E-state index in [9.17, 15) is 9.59 Å². The summed E-state index contributed by atoms with van der Waals surface area (Å²) in [5.41, 5.74) is 0.0460. The third-order valence-electron chi connectivity index (χ3n) is 2.31. The van der Waals surface area contributed by atoms with Crippen molar-refractivity contribution in [2.24, 2.45) is 0 Å². The number of rotatable bonds is 8. The molecular weight excluding hydrogens is 256 g/mol. The van der Waals surface area contributed by atoms with E-state index in [0.717, 1.165) is 13.0 Å². The maximum Gasteiger partial charge on any atom is 0.355 e. The molecule has 18 heavy (non-hydrogen) atoms. The van der Waals surface area contributed by atoms with Crippen molar-refractivity contribution >= 4 is 23.3 Å². The molecule has 0 aromatic carbocycles. The molecule has 0 spiro atoms. The Morgan fingerprint density at radius 2 is 2.11 bits per heavy atom. The zero-order chi connectivity index (χ0) is 13.5. The van der Waals surface area contributed by atoms with Gasteiger partial charge in [0.05, 0.1) is 13.0 Å². The summed E-state index contributed by atoms with van der Waals surface area (Å²) in [4.78, 5) is 27.2. The number of hydrogen-bond donors (Lipinski definition) is 2. The lowest BCUT2D eigenvalue weighted by Crippen LogP contribution is -2.26. The van der Waals surface area contributed by atoms with Gasteiger partial charge in [0.2, 0.25) is 0 Å². The molecule has 0 atom stereocenters. The summed E-state index contributed by atoms with van der Waals surface area (Å²) in [5.74, 6) is -1.87. The second-order valence-electron chi connectivity index (χ2n) is 3.85. The number of aromatic nitrogens is 1. The van der Waals surface area contributed by atoms with Gasteiger partial charge >= 0.3 is 11.9 Å². The van der Waals surface area contributed by atoms with Crippen LogP contribution in [-0.2, 0) is 11.3 Å². The molecule has 0 fully saturated rings.